The highest BCUT2D eigenvalue weighted by molar-refractivity contribution is 6.02. The number of nitrogens with zero attached hydrogens (tertiary/aromatic N) is 2. The molecule has 0 aliphatic carbocycles. The fourth-order valence-corrected chi connectivity index (χ4v) is 2.89. The summed E-state index contributed by atoms with van der Waals surface area (Å²) in [6.45, 7) is 5.07. The topological polar surface area (TPSA) is 76.0 Å². The summed E-state index contributed by atoms with van der Waals surface area (Å²) in [5, 5.41) is 9.44. The number of rotatable bonds is 6. The predicted octanol–water partition coefficient (Wildman–Crippen LogP) is 4.62. The van der Waals surface area contributed by atoms with E-state index in [1.807, 2.05) is 0 Å². The van der Waals surface area contributed by atoms with Crippen LogP contribution in [0.1, 0.15) is 41.0 Å². The van der Waals surface area contributed by atoms with Crippen LogP contribution in [0.25, 0.3) is 0 Å². The van der Waals surface area contributed by atoms with Crippen molar-refractivity contribution in [3.63, 3.8) is 0 Å². The molecule has 2 amide bonds. The molecular formula is C22H22F2N4O2. The molecule has 1 heterocycles. The minimum absolute atomic E-state index is 0.0867. The fourth-order valence-electron chi connectivity index (χ4n) is 2.89. The smallest absolute Gasteiger partial charge is 0.276 e. The van der Waals surface area contributed by atoms with Crippen LogP contribution in [-0.2, 0) is 4.79 Å². The number of carbonyl (C=O) groups excluding carboxylic acids is 2. The van der Waals surface area contributed by atoms with E-state index in [4.69, 9.17) is 0 Å². The highest BCUT2D eigenvalue weighted by Gasteiger charge is 2.21. The van der Waals surface area contributed by atoms with Gasteiger partial charge in [0, 0.05) is 17.6 Å². The summed E-state index contributed by atoms with van der Waals surface area (Å²) in [5.41, 5.74) is 1.69. The average Bonchev–Trinajstić information content (AvgIpc) is 3.18. The maximum atomic E-state index is 13.7. The van der Waals surface area contributed by atoms with E-state index in [-0.39, 0.29) is 11.6 Å². The summed E-state index contributed by atoms with van der Waals surface area (Å²) in [7, 11) is 0. The maximum absolute atomic E-state index is 13.7. The molecule has 156 valence electrons. The quantitative estimate of drug-likeness (QED) is 0.620. The number of benzene rings is 2. The molecule has 6 nitrogen and oxygen atoms in total. The Morgan fingerprint density at radius 3 is 2.07 bits per heavy atom. The molecule has 0 spiro atoms. The van der Waals surface area contributed by atoms with Crippen molar-refractivity contribution in [1.29, 1.82) is 0 Å². The van der Waals surface area contributed by atoms with E-state index in [0.29, 0.717) is 28.9 Å². The molecule has 0 aliphatic rings. The van der Waals surface area contributed by atoms with Crippen molar-refractivity contribution in [1.82, 2.24) is 9.78 Å². The van der Waals surface area contributed by atoms with Gasteiger partial charge in [0.25, 0.3) is 5.91 Å². The highest BCUT2D eigenvalue weighted by Crippen LogP contribution is 2.19. The Balaban J connectivity index is 1.71. The van der Waals surface area contributed by atoms with E-state index < -0.39 is 23.6 Å². The Morgan fingerprint density at radius 2 is 1.53 bits per heavy atom. The molecule has 1 atom stereocenters. The number of nitrogens with one attached hydrogen (secondary N) is 2. The average molecular weight is 412 g/mol. The van der Waals surface area contributed by atoms with Crippen LogP contribution in [0.3, 0.4) is 0 Å². The van der Waals surface area contributed by atoms with Gasteiger partial charge in [0.2, 0.25) is 5.91 Å². The van der Waals surface area contributed by atoms with Crippen LogP contribution >= 0.6 is 0 Å². The van der Waals surface area contributed by atoms with E-state index in [0.717, 1.165) is 0 Å². The van der Waals surface area contributed by atoms with Crippen LogP contribution < -0.4 is 10.6 Å². The first kappa shape index (κ1) is 21.2. The second kappa shape index (κ2) is 8.86. The monoisotopic (exact) mass is 412 g/mol. The van der Waals surface area contributed by atoms with Gasteiger partial charge in [0.05, 0.1) is 0 Å². The number of carbonyl (C=O) groups is 2. The molecule has 0 bridgehead atoms. The molecule has 0 saturated carbocycles. The zero-order valence-corrected chi connectivity index (χ0v) is 16.9. The summed E-state index contributed by atoms with van der Waals surface area (Å²) in [6.07, 6.45) is 1.93. The number of hydrogen-bond donors (Lipinski definition) is 2. The second-order valence-electron chi connectivity index (χ2n) is 6.98. The Morgan fingerprint density at radius 1 is 0.967 bits per heavy atom. The zero-order valence-electron chi connectivity index (χ0n) is 16.9. The number of hydrogen-bond acceptors (Lipinski definition) is 3. The third-order valence-corrected chi connectivity index (χ3v) is 4.72. The summed E-state index contributed by atoms with van der Waals surface area (Å²) in [5.74, 6) is -1.73. The van der Waals surface area contributed by atoms with E-state index in [9.17, 15) is 18.4 Å². The molecule has 3 rings (SSSR count). The van der Waals surface area contributed by atoms with Gasteiger partial charge in [-0.3, -0.25) is 14.3 Å². The van der Waals surface area contributed by atoms with E-state index in [1.165, 1.54) is 29.1 Å². The Kier molecular flexibility index (Phi) is 6.25. The van der Waals surface area contributed by atoms with Crippen LogP contribution in [0.2, 0.25) is 0 Å². The molecule has 1 aromatic heterocycles. The third kappa shape index (κ3) is 4.71. The molecule has 30 heavy (non-hydrogen) atoms. The van der Waals surface area contributed by atoms with Crippen molar-refractivity contribution in [2.75, 3.05) is 10.6 Å². The van der Waals surface area contributed by atoms with Crippen LogP contribution in [0.15, 0.2) is 48.7 Å². The minimum Gasteiger partial charge on any atom is -0.324 e. The molecule has 0 fully saturated rings. The Labute approximate surface area is 172 Å². The largest absolute Gasteiger partial charge is 0.324 e. The summed E-state index contributed by atoms with van der Waals surface area (Å²) >= 11 is 0. The minimum atomic E-state index is -0.687. The Bertz CT molecular complexity index is 1090. The maximum Gasteiger partial charge on any atom is 0.276 e. The van der Waals surface area contributed by atoms with E-state index in [2.05, 4.69) is 15.7 Å². The van der Waals surface area contributed by atoms with E-state index >= 15 is 0 Å². The molecule has 0 saturated heterocycles. The van der Waals surface area contributed by atoms with Gasteiger partial charge in [0.1, 0.15) is 17.7 Å². The van der Waals surface area contributed by atoms with Gasteiger partial charge in [-0.2, -0.15) is 5.10 Å². The number of aromatic nitrogens is 2. The summed E-state index contributed by atoms with van der Waals surface area (Å²) in [4.78, 5) is 25.1. The SMILES string of the molecule is CC[C@H](C(=O)Nc1ccc(C)c(F)c1)n1ccc(C(=O)Nc2ccc(C)c(F)c2)n1. The van der Waals surface area contributed by atoms with Crippen LogP contribution in [0.4, 0.5) is 20.2 Å². The number of halogens is 2. The number of anilines is 2. The molecule has 2 aromatic carbocycles. The molecular weight excluding hydrogens is 390 g/mol. The van der Waals surface area contributed by atoms with E-state index in [1.54, 1.807) is 45.0 Å². The lowest BCUT2D eigenvalue weighted by molar-refractivity contribution is -0.119. The van der Waals surface area contributed by atoms with Gasteiger partial charge in [-0.25, -0.2) is 8.78 Å². The van der Waals surface area contributed by atoms with Crippen molar-refractivity contribution in [2.24, 2.45) is 0 Å². The first-order valence-electron chi connectivity index (χ1n) is 9.48. The van der Waals surface area contributed by atoms with Crippen LogP contribution in [0, 0.1) is 25.5 Å². The van der Waals surface area contributed by atoms with Gasteiger partial charge >= 0.3 is 0 Å². The van der Waals surface area contributed by atoms with Crippen molar-refractivity contribution >= 4 is 23.2 Å². The molecule has 0 aliphatic heterocycles. The fraction of sp³-hybridized carbons (Fsp3) is 0.227. The van der Waals surface area contributed by atoms with Crippen molar-refractivity contribution in [3.05, 3.63) is 77.1 Å². The molecule has 8 heteroatoms. The molecule has 0 radical (unpaired) electrons. The lowest BCUT2D eigenvalue weighted by Gasteiger charge is -2.16. The number of aryl methyl sites for hydroxylation is 2. The zero-order chi connectivity index (χ0) is 21.8. The highest BCUT2D eigenvalue weighted by atomic mass is 19.1. The van der Waals surface area contributed by atoms with Crippen molar-refractivity contribution in [2.45, 2.75) is 33.2 Å². The van der Waals surface area contributed by atoms with Gasteiger partial charge in [-0.1, -0.05) is 19.1 Å². The summed E-state index contributed by atoms with van der Waals surface area (Å²) < 4.78 is 28.8. The standard InChI is InChI=1S/C22H22F2N4O2/c1-4-20(22(30)26-16-8-6-14(3)18(24)12-16)28-10-9-19(27-28)21(29)25-15-7-5-13(2)17(23)11-15/h5-12,20H,4H2,1-3H3,(H,25,29)(H,26,30)/t20-/m1/s1. The number of amides is 2. The Hall–Kier alpha value is -3.55. The predicted molar refractivity (Wildman–Crippen MR) is 110 cm³/mol. The van der Waals surface area contributed by atoms with Gasteiger partial charge in [-0.05, 0) is 61.7 Å². The van der Waals surface area contributed by atoms with Crippen molar-refractivity contribution < 1.29 is 18.4 Å². The first-order chi connectivity index (χ1) is 14.3. The normalized spacial score (nSPS) is 11.8. The van der Waals surface area contributed by atoms with Gasteiger partial charge in [0.15, 0.2) is 5.69 Å². The van der Waals surface area contributed by atoms with Crippen LogP contribution in [-0.4, -0.2) is 21.6 Å². The molecule has 2 N–H and O–H groups in total. The third-order valence-electron chi connectivity index (χ3n) is 4.72. The molecule has 3 aromatic rings. The van der Waals surface area contributed by atoms with Crippen LogP contribution in [0.5, 0.6) is 0 Å². The lowest BCUT2D eigenvalue weighted by Crippen LogP contribution is -2.26. The first-order valence-corrected chi connectivity index (χ1v) is 9.48. The van der Waals surface area contributed by atoms with Crippen molar-refractivity contribution in [3.8, 4) is 0 Å². The molecule has 0 unspecified atom stereocenters. The lowest BCUT2D eigenvalue weighted by atomic mass is 10.2. The summed E-state index contributed by atoms with van der Waals surface area (Å²) in [6, 6.07) is 9.62. The van der Waals surface area contributed by atoms with Gasteiger partial charge in [-0.15, -0.1) is 0 Å². The van der Waals surface area contributed by atoms with Gasteiger partial charge < -0.3 is 10.6 Å². The second-order valence-corrected chi connectivity index (χ2v) is 6.98.